The molecule has 2 heterocycles. The first-order valence-electron chi connectivity index (χ1n) is 5.51. The molecule has 0 bridgehead atoms. The molecule has 0 aromatic carbocycles. The van der Waals surface area contributed by atoms with Crippen molar-refractivity contribution in [1.29, 1.82) is 0 Å². The van der Waals surface area contributed by atoms with Gasteiger partial charge in [-0.05, 0) is 29.9 Å². The van der Waals surface area contributed by atoms with Crippen LogP contribution in [0.15, 0.2) is 12.3 Å². The van der Waals surface area contributed by atoms with Crippen molar-refractivity contribution in [3.05, 3.63) is 22.8 Å². The van der Waals surface area contributed by atoms with E-state index in [4.69, 9.17) is 11.6 Å². The predicted octanol–water partition coefficient (Wildman–Crippen LogP) is 3.92. The summed E-state index contributed by atoms with van der Waals surface area (Å²) in [5.41, 5.74) is -0.825. The average molecular weight is 297 g/mol. The summed E-state index contributed by atoms with van der Waals surface area (Å²) in [5.74, 6) is 3.07. The molecule has 18 heavy (non-hydrogen) atoms. The van der Waals surface area contributed by atoms with Crippen molar-refractivity contribution < 1.29 is 13.2 Å². The zero-order chi connectivity index (χ0) is 13.2. The summed E-state index contributed by atoms with van der Waals surface area (Å²) in [7, 11) is 0. The SMILES string of the molecule is FC(F)(F)c1cnc(NCC2CCSC2)c(Cl)c1. The lowest BCUT2D eigenvalue weighted by atomic mass is 10.1. The molecule has 0 aliphatic carbocycles. The molecule has 1 N–H and O–H groups in total. The van der Waals surface area contributed by atoms with Gasteiger partial charge in [0.2, 0.25) is 0 Å². The molecule has 1 saturated heterocycles. The Bertz CT molecular complexity index is 419. The van der Waals surface area contributed by atoms with Crippen LogP contribution in [0, 0.1) is 5.92 Å². The number of anilines is 1. The minimum Gasteiger partial charge on any atom is -0.369 e. The maximum absolute atomic E-state index is 12.4. The van der Waals surface area contributed by atoms with Gasteiger partial charge in [0.15, 0.2) is 0 Å². The van der Waals surface area contributed by atoms with Crippen LogP contribution in [0.1, 0.15) is 12.0 Å². The van der Waals surface area contributed by atoms with E-state index < -0.39 is 11.7 Å². The number of nitrogens with zero attached hydrogens (tertiary/aromatic N) is 1. The van der Waals surface area contributed by atoms with E-state index in [2.05, 4.69) is 10.3 Å². The fourth-order valence-corrected chi connectivity index (χ4v) is 3.23. The first-order valence-corrected chi connectivity index (χ1v) is 7.04. The van der Waals surface area contributed by atoms with Gasteiger partial charge in [-0.15, -0.1) is 0 Å². The van der Waals surface area contributed by atoms with Crippen molar-refractivity contribution in [3.8, 4) is 0 Å². The molecule has 1 atom stereocenters. The lowest BCUT2D eigenvalue weighted by Crippen LogP contribution is -2.15. The highest BCUT2D eigenvalue weighted by atomic mass is 35.5. The number of hydrogen-bond acceptors (Lipinski definition) is 3. The predicted molar refractivity (Wildman–Crippen MR) is 68.2 cm³/mol. The average Bonchev–Trinajstić information content (AvgIpc) is 2.79. The maximum atomic E-state index is 12.4. The highest BCUT2D eigenvalue weighted by Crippen LogP contribution is 2.32. The molecule has 1 unspecified atom stereocenters. The third-order valence-electron chi connectivity index (χ3n) is 2.75. The van der Waals surface area contributed by atoms with Crippen LogP contribution in [0.3, 0.4) is 0 Å². The third-order valence-corrected chi connectivity index (χ3v) is 4.27. The first-order chi connectivity index (χ1) is 8.47. The van der Waals surface area contributed by atoms with E-state index in [9.17, 15) is 13.2 Å². The number of pyridine rings is 1. The van der Waals surface area contributed by atoms with Gasteiger partial charge >= 0.3 is 6.18 Å². The molecule has 1 fully saturated rings. The van der Waals surface area contributed by atoms with Crippen molar-refractivity contribution in [2.24, 2.45) is 5.92 Å². The molecule has 1 aliphatic rings. The van der Waals surface area contributed by atoms with Crippen LogP contribution in [-0.2, 0) is 6.18 Å². The number of alkyl halides is 3. The molecule has 0 saturated carbocycles. The highest BCUT2D eigenvalue weighted by molar-refractivity contribution is 7.99. The number of rotatable bonds is 3. The first kappa shape index (κ1) is 13.8. The Kier molecular flexibility index (Phi) is 4.27. The van der Waals surface area contributed by atoms with Gasteiger partial charge in [0.25, 0.3) is 0 Å². The smallest absolute Gasteiger partial charge is 0.369 e. The van der Waals surface area contributed by atoms with Gasteiger partial charge in [0.05, 0.1) is 10.6 Å². The summed E-state index contributed by atoms with van der Waals surface area (Å²) in [6.07, 6.45) is -2.48. The third kappa shape index (κ3) is 3.45. The van der Waals surface area contributed by atoms with E-state index in [-0.39, 0.29) is 5.02 Å². The van der Waals surface area contributed by atoms with Crippen LogP contribution >= 0.6 is 23.4 Å². The molecule has 0 amide bonds. The van der Waals surface area contributed by atoms with E-state index >= 15 is 0 Å². The molecule has 0 spiro atoms. The second-order valence-corrected chi connectivity index (χ2v) is 5.72. The van der Waals surface area contributed by atoms with E-state index in [0.29, 0.717) is 18.3 Å². The van der Waals surface area contributed by atoms with Crippen LogP contribution < -0.4 is 5.32 Å². The minimum atomic E-state index is -4.41. The maximum Gasteiger partial charge on any atom is 0.417 e. The Morgan fingerprint density at radius 2 is 2.28 bits per heavy atom. The van der Waals surface area contributed by atoms with Gasteiger partial charge in [0.1, 0.15) is 5.82 Å². The van der Waals surface area contributed by atoms with Crippen molar-refractivity contribution in [3.63, 3.8) is 0 Å². The number of thioether (sulfide) groups is 1. The minimum absolute atomic E-state index is 0.00970. The van der Waals surface area contributed by atoms with E-state index in [1.807, 2.05) is 11.8 Å². The Balaban J connectivity index is 2.01. The fourth-order valence-electron chi connectivity index (χ4n) is 1.71. The highest BCUT2D eigenvalue weighted by Gasteiger charge is 2.31. The second kappa shape index (κ2) is 5.57. The van der Waals surface area contributed by atoms with Gasteiger partial charge in [-0.3, -0.25) is 0 Å². The van der Waals surface area contributed by atoms with Crippen molar-refractivity contribution in [2.75, 3.05) is 23.4 Å². The van der Waals surface area contributed by atoms with Gasteiger partial charge in [-0.1, -0.05) is 11.6 Å². The van der Waals surface area contributed by atoms with Crippen molar-refractivity contribution in [1.82, 2.24) is 4.98 Å². The lowest BCUT2D eigenvalue weighted by Gasteiger charge is -2.13. The summed E-state index contributed by atoms with van der Waals surface area (Å²) in [6, 6.07) is 0.903. The standard InChI is InChI=1S/C11H12ClF3N2S/c12-9-3-8(11(13,14)15)5-17-10(9)16-4-7-1-2-18-6-7/h3,5,7H,1-2,4,6H2,(H,16,17). The van der Waals surface area contributed by atoms with Crippen molar-refractivity contribution in [2.45, 2.75) is 12.6 Å². The van der Waals surface area contributed by atoms with Crippen LogP contribution in [0.4, 0.5) is 19.0 Å². The molecule has 1 aromatic rings. The van der Waals surface area contributed by atoms with Crippen LogP contribution in [-0.4, -0.2) is 23.0 Å². The van der Waals surface area contributed by atoms with E-state index in [1.165, 1.54) is 0 Å². The topological polar surface area (TPSA) is 24.9 Å². The zero-order valence-corrected chi connectivity index (χ0v) is 11.0. The monoisotopic (exact) mass is 296 g/mol. The number of nitrogens with one attached hydrogen (secondary N) is 1. The Morgan fingerprint density at radius 3 is 2.83 bits per heavy atom. The molecular weight excluding hydrogens is 285 g/mol. The van der Waals surface area contributed by atoms with Crippen LogP contribution in [0.2, 0.25) is 5.02 Å². The molecule has 7 heteroatoms. The number of hydrogen-bond donors (Lipinski definition) is 1. The molecule has 1 aromatic heterocycles. The molecule has 2 rings (SSSR count). The Labute approximate surface area is 112 Å². The summed E-state index contributed by atoms with van der Waals surface area (Å²) in [4.78, 5) is 3.74. The quantitative estimate of drug-likeness (QED) is 0.915. The van der Waals surface area contributed by atoms with Gasteiger partial charge in [-0.25, -0.2) is 4.98 Å². The normalized spacial score (nSPS) is 20.1. The van der Waals surface area contributed by atoms with Crippen molar-refractivity contribution >= 4 is 29.2 Å². The Morgan fingerprint density at radius 1 is 1.50 bits per heavy atom. The zero-order valence-electron chi connectivity index (χ0n) is 9.43. The van der Waals surface area contributed by atoms with E-state index in [1.54, 1.807) is 0 Å². The van der Waals surface area contributed by atoms with E-state index in [0.717, 1.165) is 30.2 Å². The molecule has 2 nitrogen and oxygen atoms in total. The van der Waals surface area contributed by atoms with Gasteiger partial charge < -0.3 is 5.32 Å². The number of halogens is 4. The number of aromatic nitrogens is 1. The van der Waals surface area contributed by atoms with Crippen LogP contribution in [0.5, 0.6) is 0 Å². The fraction of sp³-hybridized carbons (Fsp3) is 0.545. The lowest BCUT2D eigenvalue weighted by molar-refractivity contribution is -0.137. The summed E-state index contributed by atoms with van der Waals surface area (Å²) < 4.78 is 37.2. The summed E-state index contributed by atoms with van der Waals surface area (Å²) in [6.45, 7) is 0.699. The van der Waals surface area contributed by atoms with Gasteiger partial charge in [0, 0.05) is 12.7 Å². The molecule has 0 radical (unpaired) electrons. The molecule has 100 valence electrons. The Hall–Kier alpha value is -0.620. The summed E-state index contributed by atoms with van der Waals surface area (Å²) >= 11 is 7.68. The molecular formula is C11H12ClF3N2S. The van der Waals surface area contributed by atoms with Gasteiger partial charge in [-0.2, -0.15) is 24.9 Å². The largest absolute Gasteiger partial charge is 0.417 e. The second-order valence-electron chi connectivity index (χ2n) is 4.16. The summed E-state index contributed by atoms with van der Waals surface area (Å²) in [5, 5.41) is 3.02. The van der Waals surface area contributed by atoms with Crippen LogP contribution in [0.25, 0.3) is 0 Å². The molecule has 1 aliphatic heterocycles.